The fourth-order valence-corrected chi connectivity index (χ4v) is 1.55. The number of amides is 1. The van der Waals surface area contributed by atoms with E-state index in [4.69, 9.17) is 12.2 Å². The molecule has 0 spiro atoms. The Balaban J connectivity index is 2.70. The van der Waals surface area contributed by atoms with Crippen molar-refractivity contribution < 1.29 is 4.79 Å². The number of hydrogen-bond acceptors (Lipinski definition) is 2. The summed E-state index contributed by atoms with van der Waals surface area (Å²) in [6, 6.07) is 9.61. The number of carbonyl (C=O) groups is 1. The fraction of sp³-hybridized carbons (Fsp3) is 0. The number of fused-ring (bicyclic) bond motifs is 1. The molecule has 2 aromatic rings. The van der Waals surface area contributed by atoms with Gasteiger partial charge in [-0.15, -0.1) is 0 Å². The third-order valence-electron chi connectivity index (χ3n) is 1.97. The Labute approximate surface area is 85.8 Å². The lowest BCUT2D eigenvalue weighted by Gasteiger charge is -2.02. The molecule has 0 fully saturated rings. The molecule has 1 aromatic heterocycles. The van der Waals surface area contributed by atoms with E-state index >= 15 is 0 Å². The van der Waals surface area contributed by atoms with Crippen molar-refractivity contribution in [3.05, 3.63) is 35.0 Å². The van der Waals surface area contributed by atoms with E-state index in [1.54, 1.807) is 0 Å². The van der Waals surface area contributed by atoms with Crippen LogP contribution in [0.5, 0.6) is 0 Å². The van der Waals surface area contributed by atoms with E-state index in [0.29, 0.717) is 16.7 Å². The minimum atomic E-state index is 0.538. The maximum atomic E-state index is 10.3. The molecular formula is C10H8N2OS. The maximum absolute atomic E-state index is 10.3. The zero-order valence-electron chi connectivity index (χ0n) is 7.28. The third-order valence-corrected chi connectivity index (χ3v) is 2.29. The second-order valence-electron chi connectivity index (χ2n) is 2.86. The Kier molecular flexibility index (Phi) is 2.28. The van der Waals surface area contributed by atoms with Crippen LogP contribution in [-0.4, -0.2) is 11.4 Å². The van der Waals surface area contributed by atoms with E-state index in [2.05, 4.69) is 10.3 Å². The molecule has 1 heterocycles. The van der Waals surface area contributed by atoms with Gasteiger partial charge < -0.3 is 10.3 Å². The van der Waals surface area contributed by atoms with Gasteiger partial charge >= 0.3 is 0 Å². The molecule has 0 atom stereocenters. The Morgan fingerprint density at radius 3 is 2.93 bits per heavy atom. The van der Waals surface area contributed by atoms with Crippen molar-refractivity contribution in [1.29, 1.82) is 0 Å². The van der Waals surface area contributed by atoms with Crippen molar-refractivity contribution in [2.24, 2.45) is 0 Å². The van der Waals surface area contributed by atoms with Crippen LogP contribution < -0.4 is 5.32 Å². The Morgan fingerprint density at radius 1 is 1.36 bits per heavy atom. The van der Waals surface area contributed by atoms with Gasteiger partial charge in [-0.2, -0.15) is 0 Å². The minimum absolute atomic E-state index is 0.538. The summed E-state index contributed by atoms with van der Waals surface area (Å²) < 4.78 is 0.538. The highest BCUT2D eigenvalue weighted by Crippen LogP contribution is 2.17. The molecule has 0 aliphatic rings. The van der Waals surface area contributed by atoms with Crippen LogP contribution in [0.3, 0.4) is 0 Å². The van der Waals surface area contributed by atoms with Crippen molar-refractivity contribution in [1.82, 2.24) is 4.98 Å². The molecule has 0 saturated heterocycles. The first kappa shape index (κ1) is 8.90. The van der Waals surface area contributed by atoms with Crippen LogP contribution >= 0.6 is 12.2 Å². The van der Waals surface area contributed by atoms with Crippen LogP contribution in [0.2, 0.25) is 0 Å². The molecule has 0 saturated carbocycles. The second kappa shape index (κ2) is 3.59. The van der Waals surface area contributed by atoms with Crippen LogP contribution in [-0.2, 0) is 4.79 Å². The molecule has 4 heteroatoms. The van der Waals surface area contributed by atoms with Crippen LogP contribution in [0.1, 0.15) is 0 Å². The first-order chi connectivity index (χ1) is 6.81. The second-order valence-corrected chi connectivity index (χ2v) is 3.27. The molecule has 0 unspecified atom stereocenters. The highest BCUT2D eigenvalue weighted by molar-refractivity contribution is 7.71. The number of nitrogens with one attached hydrogen (secondary N) is 2. The lowest BCUT2D eigenvalue weighted by Crippen LogP contribution is -1.95. The van der Waals surface area contributed by atoms with E-state index in [-0.39, 0.29) is 0 Å². The van der Waals surface area contributed by atoms with Gasteiger partial charge in [0.2, 0.25) is 6.41 Å². The maximum Gasteiger partial charge on any atom is 0.211 e. The Morgan fingerprint density at radius 2 is 2.14 bits per heavy atom. The van der Waals surface area contributed by atoms with Crippen LogP contribution in [0, 0.1) is 4.64 Å². The zero-order chi connectivity index (χ0) is 9.97. The van der Waals surface area contributed by atoms with E-state index in [0.717, 1.165) is 10.9 Å². The van der Waals surface area contributed by atoms with Gasteiger partial charge in [-0.3, -0.25) is 4.79 Å². The number of H-pyrrole nitrogens is 1. The quantitative estimate of drug-likeness (QED) is 0.583. The zero-order valence-corrected chi connectivity index (χ0v) is 8.10. The summed E-state index contributed by atoms with van der Waals surface area (Å²) in [5.74, 6) is 0. The van der Waals surface area contributed by atoms with Crippen LogP contribution in [0.25, 0.3) is 10.9 Å². The molecule has 2 rings (SSSR count). The lowest BCUT2D eigenvalue weighted by molar-refractivity contribution is -0.105. The molecule has 2 N–H and O–H groups in total. The normalized spacial score (nSPS) is 10.0. The Bertz CT molecular complexity index is 533. The minimum Gasteiger partial charge on any atom is -0.344 e. The number of hydrogen-bond donors (Lipinski definition) is 2. The van der Waals surface area contributed by atoms with Gasteiger partial charge in [-0.05, 0) is 12.1 Å². The summed E-state index contributed by atoms with van der Waals surface area (Å²) in [6.07, 6.45) is 0.619. The molecule has 1 aromatic carbocycles. The van der Waals surface area contributed by atoms with Gasteiger partial charge in [-0.25, -0.2) is 0 Å². The van der Waals surface area contributed by atoms with Gasteiger partial charge in [0.05, 0.1) is 5.69 Å². The number of pyridine rings is 1. The molecule has 3 nitrogen and oxygen atoms in total. The van der Waals surface area contributed by atoms with Gasteiger partial charge in [0.25, 0.3) is 0 Å². The first-order valence-corrected chi connectivity index (χ1v) is 4.54. The topological polar surface area (TPSA) is 44.9 Å². The van der Waals surface area contributed by atoms with Gasteiger partial charge in [0.1, 0.15) is 4.64 Å². The largest absolute Gasteiger partial charge is 0.344 e. The Hall–Kier alpha value is -1.68. The number of aromatic amines is 1. The average Bonchev–Trinajstić information content (AvgIpc) is 2.19. The highest BCUT2D eigenvalue weighted by Gasteiger charge is 1.97. The van der Waals surface area contributed by atoms with Gasteiger partial charge in [0.15, 0.2) is 0 Å². The standard InChI is InChI=1S/C10H8N2OS/c13-6-11-9-5-7-3-1-2-4-8(7)12-10(9)14/h1-6H,(H,11,13)(H,12,14). The number of aromatic nitrogens is 1. The fourth-order valence-electron chi connectivity index (χ4n) is 1.32. The lowest BCUT2D eigenvalue weighted by atomic mass is 10.2. The molecule has 0 bridgehead atoms. The molecule has 70 valence electrons. The molecule has 0 radical (unpaired) electrons. The summed E-state index contributed by atoms with van der Waals surface area (Å²) in [5.41, 5.74) is 1.60. The summed E-state index contributed by atoms with van der Waals surface area (Å²) >= 11 is 5.07. The number of anilines is 1. The molecular weight excluding hydrogens is 196 g/mol. The van der Waals surface area contributed by atoms with Crippen molar-refractivity contribution in [3.63, 3.8) is 0 Å². The molecule has 0 aliphatic heterocycles. The van der Waals surface area contributed by atoms with Gasteiger partial charge in [-0.1, -0.05) is 30.4 Å². The SMILES string of the molecule is O=CNc1cc2ccccc2[nH]c1=S. The predicted molar refractivity (Wildman–Crippen MR) is 58.8 cm³/mol. The summed E-state index contributed by atoms with van der Waals surface area (Å²) in [6.45, 7) is 0. The summed E-state index contributed by atoms with van der Waals surface area (Å²) in [7, 11) is 0. The van der Waals surface area contributed by atoms with E-state index < -0.39 is 0 Å². The molecule has 14 heavy (non-hydrogen) atoms. The summed E-state index contributed by atoms with van der Waals surface area (Å²) in [5, 5.41) is 3.57. The summed E-state index contributed by atoms with van der Waals surface area (Å²) in [4.78, 5) is 13.3. The van der Waals surface area contributed by atoms with Gasteiger partial charge in [0, 0.05) is 10.9 Å². The number of rotatable bonds is 2. The van der Waals surface area contributed by atoms with Crippen LogP contribution in [0.15, 0.2) is 30.3 Å². The third kappa shape index (κ3) is 1.52. The van der Waals surface area contributed by atoms with Crippen molar-refractivity contribution >= 4 is 35.2 Å². The van der Waals surface area contributed by atoms with Crippen molar-refractivity contribution in [2.75, 3.05) is 5.32 Å². The number of carbonyl (C=O) groups excluding carboxylic acids is 1. The van der Waals surface area contributed by atoms with Crippen LogP contribution in [0.4, 0.5) is 5.69 Å². The molecule has 1 amide bonds. The van der Waals surface area contributed by atoms with E-state index in [9.17, 15) is 4.79 Å². The molecule has 0 aliphatic carbocycles. The van der Waals surface area contributed by atoms with Crippen molar-refractivity contribution in [2.45, 2.75) is 0 Å². The predicted octanol–water partition coefficient (Wildman–Crippen LogP) is 2.47. The number of para-hydroxylation sites is 1. The van der Waals surface area contributed by atoms with E-state index in [1.807, 2.05) is 30.3 Å². The van der Waals surface area contributed by atoms with E-state index in [1.165, 1.54) is 0 Å². The first-order valence-electron chi connectivity index (χ1n) is 4.13. The monoisotopic (exact) mass is 204 g/mol. The smallest absolute Gasteiger partial charge is 0.211 e. The van der Waals surface area contributed by atoms with Crippen molar-refractivity contribution in [3.8, 4) is 0 Å². The highest BCUT2D eigenvalue weighted by atomic mass is 32.1. The average molecular weight is 204 g/mol. The number of benzene rings is 1.